The molecule has 0 bridgehead atoms. The predicted molar refractivity (Wildman–Crippen MR) is 150 cm³/mol. The summed E-state index contributed by atoms with van der Waals surface area (Å²) in [4.78, 5) is 21.0. The summed E-state index contributed by atoms with van der Waals surface area (Å²) in [6.07, 6.45) is 0.983. The number of hydrogen-bond acceptors (Lipinski definition) is 7. The number of hydrogen-bond donors (Lipinski definition) is 2. The Morgan fingerprint density at radius 3 is 2.43 bits per heavy atom. The molecule has 0 radical (unpaired) electrons. The number of fused-ring (bicyclic) bond motifs is 1. The largest absolute Gasteiger partial charge is 0.377 e. The summed E-state index contributed by atoms with van der Waals surface area (Å²) in [5.41, 5.74) is 3.19. The molecule has 9 heteroatoms. The maximum absolute atomic E-state index is 13.1. The number of likely N-dealkylation sites (N-methyl/N-ethyl adjacent to an activating group) is 1. The van der Waals surface area contributed by atoms with Gasteiger partial charge >= 0.3 is 0 Å². The molecule has 1 amide bonds. The molecule has 1 heterocycles. The van der Waals surface area contributed by atoms with Crippen molar-refractivity contribution < 1.29 is 13.2 Å². The lowest BCUT2D eigenvalue weighted by atomic mass is 10.1. The van der Waals surface area contributed by atoms with E-state index in [2.05, 4.69) is 39.9 Å². The first kappa shape index (κ1) is 26.6. The highest BCUT2D eigenvalue weighted by molar-refractivity contribution is 7.91. The fraction of sp³-hybridized carbons (Fsp3) is 0.357. The number of nitrogens with one attached hydrogen (secondary N) is 2. The second kappa shape index (κ2) is 11.7. The van der Waals surface area contributed by atoms with Gasteiger partial charge in [-0.3, -0.25) is 9.79 Å². The van der Waals surface area contributed by atoms with Crippen LogP contribution >= 0.6 is 0 Å². The minimum atomic E-state index is -3.57. The molecule has 8 nitrogen and oxygen atoms in total. The maximum atomic E-state index is 13.1. The normalized spacial score (nSPS) is 13.3. The topological polar surface area (TPSA) is 94.1 Å². The number of carbonyl (C=O) groups is 1. The van der Waals surface area contributed by atoms with E-state index >= 15 is 0 Å². The Hall–Kier alpha value is -3.43. The zero-order valence-corrected chi connectivity index (χ0v) is 22.5. The second-order valence-electron chi connectivity index (χ2n) is 9.45. The Bertz CT molecular complexity index is 1380. The Kier molecular flexibility index (Phi) is 8.45. The molecule has 0 saturated carbocycles. The van der Waals surface area contributed by atoms with Crippen molar-refractivity contribution in [1.82, 2.24) is 15.5 Å². The van der Waals surface area contributed by atoms with Crippen molar-refractivity contribution in [2.45, 2.75) is 17.7 Å². The van der Waals surface area contributed by atoms with Gasteiger partial charge in [0.2, 0.25) is 5.91 Å². The molecule has 0 unspecified atom stereocenters. The van der Waals surface area contributed by atoms with Crippen LogP contribution in [0.25, 0.3) is 10.8 Å². The highest BCUT2D eigenvalue weighted by Gasteiger charge is 2.19. The average Bonchev–Trinajstić information content (AvgIpc) is 3.44. The van der Waals surface area contributed by atoms with Crippen LogP contribution < -0.4 is 15.5 Å². The molecule has 37 heavy (non-hydrogen) atoms. The smallest absolute Gasteiger partial charge is 0.223 e. The van der Waals surface area contributed by atoms with Gasteiger partial charge in [-0.05, 0) is 24.1 Å². The van der Waals surface area contributed by atoms with Crippen molar-refractivity contribution in [3.8, 4) is 0 Å². The maximum Gasteiger partial charge on any atom is 0.223 e. The molecule has 0 atom stereocenters. The number of amidine groups is 1. The van der Waals surface area contributed by atoms with E-state index in [9.17, 15) is 13.2 Å². The van der Waals surface area contributed by atoms with Gasteiger partial charge in [-0.15, -0.1) is 0 Å². The quantitative estimate of drug-likeness (QED) is 0.377. The molecule has 0 saturated heterocycles. The second-order valence-corrected chi connectivity index (χ2v) is 11.4. The third kappa shape index (κ3) is 6.47. The van der Waals surface area contributed by atoms with Crippen molar-refractivity contribution >= 4 is 38.0 Å². The summed E-state index contributed by atoms with van der Waals surface area (Å²) in [5.74, 6) is 0.695. The van der Waals surface area contributed by atoms with E-state index in [0.29, 0.717) is 23.4 Å². The van der Waals surface area contributed by atoms with Crippen molar-refractivity contribution in [2.75, 3.05) is 58.1 Å². The fourth-order valence-corrected chi connectivity index (χ4v) is 5.81. The van der Waals surface area contributed by atoms with Crippen molar-refractivity contribution in [3.05, 3.63) is 71.8 Å². The molecule has 3 aromatic rings. The molecule has 1 aliphatic heterocycles. The molecule has 3 aromatic carbocycles. The summed E-state index contributed by atoms with van der Waals surface area (Å²) >= 11 is 0. The monoisotopic (exact) mass is 521 g/mol. The van der Waals surface area contributed by atoms with Crippen molar-refractivity contribution in [3.63, 3.8) is 0 Å². The summed E-state index contributed by atoms with van der Waals surface area (Å²) in [5, 5.41) is 7.82. The van der Waals surface area contributed by atoms with Crippen LogP contribution in [0.4, 0.5) is 5.69 Å². The molecule has 0 spiro atoms. The van der Waals surface area contributed by atoms with E-state index in [4.69, 9.17) is 0 Å². The van der Waals surface area contributed by atoms with Crippen LogP contribution in [0.3, 0.4) is 0 Å². The third-order valence-electron chi connectivity index (χ3n) is 6.55. The van der Waals surface area contributed by atoms with Crippen LogP contribution in [0.2, 0.25) is 0 Å². The number of rotatable bonds is 11. The summed E-state index contributed by atoms with van der Waals surface area (Å²) < 4.78 is 26.2. The minimum absolute atomic E-state index is 0.0215. The Morgan fingerprint density at radius 2 is 1.73 bits per heavy atom. The van der Waals surface area contributed by atoms with E-state index in [-0.39, 0.29) is 18.2 Å². The molecular weight excluding hydrogens is 486 g/mol. The van der Waals surface area contributed by atoms with Crippen molar-refractivity contribution in [2.24, 2.45) is 4.99 Å². The van der Waals surface area contributed by atoms with E-state index in [0.717, 1.165) is 47.5 Å². The van der Waals surface area contributed by atoms with E-state index in [1.807, 2.05) is 43.3 Å². The average molecular weight is 522 g/mol. The van der Waals surface area contributed by atoms with Crippen LogP contribution in [0.5, 0.6) is 0 Å². The number of nitrogens with zero attached hydrogens (tertiary/aromatic N) is 3. The lowest BCUT2D eigenvalue weighted by Crippen LogP contribution is -2.33. The molecule has 2 N–H and O–H groups in total. The SMILES string of the molecule is CN(CCc1ccc(C2=NCCN2)cc1)C(=O)CCNCS(=O)(=O)c1cccc2c(N(C)C)cccc12. The molecule has 196 valence electrons. The third-order valence-corrected chi connectivity index (χ3v) is 8.16. The fourth-order valence-electron chi connectivity index (χ4n) is 4.44. The number of sulfone groups is 1. The Morgan fingerprint density at radius 1 is 1.00 bits per heavy atom. The number of anilines is 1. The number of amides is 1. The lowest BCUT2D eigenvalue weighted by Gasteiger charge is -2.18. The number of carbonyl (C=O) groups excluding carboxylic acids is 1. The van der Waals surface area contributed by atoms with E-state index < -0.39 is 9.84 Å². The van der Waals surface area contributed by atoms with Crippen molar-refractivity contribution in [1.29, 1.82) is 0 Å². The zero-order chi connectivity index (χ0) is 26.4. The van der Waals surface area contributed by atoms with Gasteiger partial charge in [0.15, 0.2) is 9.84 Å². The first-order valence-corrected chi connectivity index (χ1v) is 14.2. The first-order chi connectivity index (χ1) is 17.8. The van der Waals surface area contributed by atoms with Gasteiger partial charge in [-0.1, -0.05) is 48.5 Å². The molecule has 0 aliphatic carbocycles. The van der Waals surface area contributed by atoms with Gasteiger partial charge in [-0.2, -0.15) is 0 Å². The van der Waals surface area contributed by atoms with Crippen LogP contribution in [0.15, 0.2) is 70.6 Å². The van der Waals surface area contributed by atoms with Gasteiger partial charge in [0.1, 0.15) is 11.7 Å². The Balaban J connectivity index is 1.26. The summed E-state index contributed by atoms with van der Waals surface area (Å²) in [6.45, 7) is 2.58. The molecule has 1 aliphatic rings. The first-order valence-electron chi connectivity index (χ1n) is 12.5. The van der Waals surface area contributed by atoms with Crippen LogP contribution in [0, 0.1) is 0 Å². The van der Waals surface area contributed by atoms with Gasteiger partial charge in [0.25, 0.3) is 0 Å². The molecule has 4 rings (SSSR count). The molecule has 0 fully saturated rings. The summed E-state index contributed by atoms with van der Waals surface area (Å²) in [6, 6.07) is 19.3. The standard InChI is InChI=1S/C28H35N5O3S/c1-32(2)25-8-4-7-24-23(25)6-5-9-26(24)37(35,36)20-29-16-14-27(34)33(3)19-15-21-10-12-22(13-11-21)28-30-17-18-31-28/h4-13,29H,14-20H2,1-3H3,(H,30,31). The molecule has 0 aromatic heterocycles. The summed E-state index contributed by atoms with van der Waals surface area (Å²) in [7, 11) is 2.08. The lowest BCUT2D eigenvalue weighted by molar-refractivity contribution is -0.129. The van der Waals surface area contributed by atoms with Gasteiger partial charge in [-0.25, -0.2) is 8.42 Å². The van der Waals surface area contributed by atoms with Gasteiger partial charge in [0.05, 0.1) is 11.4 Å². The van der Waals surface area contributed by atoms with E-state index in [1.165, 1.54) is 0 Å². The van der Waals surface area contributed by atoms with Gasteiger partial charge < -0.3 is 20.4 Å². The van der Waals surface area contributed by atoms with E-state index in [1.54, 1.807) is 24.1 Å². The predicted octanol–water partition coefficient (Wildman–Crippen LogP) is 2.67. The number of aliphatic imine (C=N–C) groups is 1. The van der Waals surface area contributed by atoms with Crippen LogP contribution in [0.1, 0.15) is 17.5 Å². The highest BCUT2D eigenvalue weighted by Crippen LogP contribution is 2.30. The highest BCUT2D eigenvalue weighted by atomic mass is 32.2. The van der Waals surface area contributed by atoms with Crippen LogP contribution in [-0.4, -0.2) is 78.3 Å². The van der Waals surface area contributed by atoms with Crippen LogP contribution in [-0.2, 0) is 21.1 Å². The number of benzene rings is 3. The Labute approximate surface area is 219 Å². The van der Waals surface area contributed by atoms with Gasteiger partial charge in [0, 0.05) is 69.2 Å². The molecular formula is C28H35N5O3S. The zero-order valence-electron chi connectivity index (χ0n) is 21.7. The minimum Gasteiger partial charge on any atom is -0.377 e.